The average Bonchev–Trinajstić information content (AvgIpc) is 2.85. The van der Waals surface area contributed by atoms with Crippen LogP contribution >= 0.6 is 0 Å². The van der Waals surface area contributed by atoms with Crippen LogP contribution < -0.4 is 10.6 Å². The van der Waals surface area contributed by atoms with Crippen molar-refractivity contribution in [1.29, 1.82) is 5.26 Å². The predicted molar refractivity (Wildman–Crippen MR) is 128 cm³/mol. The highest BCUT2D eigenvalue weighted by atomic mass is 16.2. The molecular weight excluding hydrogens is 412 g/mol. The third-order valence-electron chi connectivity index (χ3n) is 5.13. The Balaban J connectivity index is 1.52. The second-order valence-corrected chi connectivity index (χ2v) is 7.45. The molecule has 1 aromatic heterocycles. The molecule has 0 saturated carbocycles. The Morgan fingerprint density at radius 3 is 2.24 bits per heavy atom. The topological polar surface area (TPSA) is 94.9 Å². The van der Waals surface area contributed by atoms with Crippen molar-refractivity contribution in [3.63, 3.8) is 0 Å². The van der Waals surface area contributed by atoms with Gasteiger partial charge in [0.2, 0.25) is 0 Å². The maximum Gasteiger partial charge on any atom is 0.255 e. The van der Waals surface area contributed by atoms with Crippen molar-refractivity contribution in [2.24, 2.45) is 0 Å². The van der Waals surface area contributed by atoms with Gasteiger partial charge in [-0.1, -0.05) is 24.3 Å². The average molecular weight is 432 g/mol. The summed E-state index contributed by atoms with van der Waals surface area (Å²) < 4.78 is 0. The molecule has 2 amide bonds. The molecule has 4 aromatic rings. The number of hydrogen-bond donors (Lipinski definition) is 2. The van der Waals surface area contributed by atoms with Crippen LogP contribution in [0.25, 0.3) is 11.1 Å². The number of pyridine rings is 1. The van der Waals surface area contributed by atoms with Crippen LogP contribution in [0.1, 0.15) is 31.8 Å². The van der Waals surface area contributed by atoms with Crippen LogP contribution in [0.4, 0.5) is 11.4 Å². The van der Waals surface area contributed by atoms with Gasteiger partial charge in [0.05, 0.1) is 23.5 Å². The van der Waals surface area contributed by atoms with Gasteiger partial charge in [0, 0.05) is 23.0 Å². The quantitative estimate of drug-likeness (QED) is 0.439. The Morgan fingerprint density at radius 2 is 1.52 bits per heavy atom. The second-order valence-electron chi connectivity index (χ2n) is 7.45. The van der Waals surface area contributed by atoms with E-state index in [1.54, 1.807) is 67.0 Å². The number of carbonyl (C=O) groups excluding carboxylic acids is 2. The normalized spacial score (nSPS) is 10.2. The van der Waals surface area contributed by atoms with Gasteiger partial charge in [0.15, 0.2) is 0 Å². The first-order valence-corrected chi connectivity index (χ1v) is 10.3. The van der Waals surface area contributed by atoms with E-state index in [0.29, 0.717) is 28.1 Å². The minimum absolute atomic E-state index is 0.222. The van der Waals surface area contributed by atoms with E-state index in [1.165, 1.54) is 0 Å². The van der Waals surface area contributed by atoms with Crippen LogP contribution in [0.15, 0.2) is 91.3 Å². The molecule has 2 N–H and O–H groups in total. The van der Waals surface area contributed by atoms with Gasteiger partial charge in [-0.15, -0.1) is 0 Å². The van der Waals surface area contributed by atoms with Gasteiger partial charge in [0.1, 0.15) is 0 Å². The molecule has 1 heterocycles. The predicted octanol–water partition coefficient (Wildman–Crippen LogP) is 5.43. The van der Waals surface area contributed by atoms with Gasteiger partial charge < -0.3 is 10.6 Å². The lowest BCUT2D eigenvalue weighted by molar-refractivity contribution is 0.101. The number of amides is 2. The van der Waals surface area contributed by atoms with E-state index in [0.717, 1.165) is 16.7 Å². The van der Waals surface area contributed by atoms with E-state index >= 15 is 0 Å². The smallest absolute Gasteiger partial charge is 0.255 e. The maximum absolute atomic E-state index is 12.7. The molecule has 0 fully saturated rings. The molecular formula is C27H20N4O2. The van der Waals surface area contributed by atoms with E-state index in [-0.39, 0.29) is 11.8 Å². The number of aromatic nitrogens is 1. The Bertz CT molecular complexity index is 1360. The lowest BCUT2D eigenvalue weighted by Gasteiger charge is -2.11. The molecule has 0 radical (unpaired) electrons. The lowest BCUT2D eigenvalue weighted by atomic mass is 9.97. The van der Waals surface area contributed by atoms with Crippen LogP contribution in [0.5, 0.6) is 0 Å². The van der Waals surface area contributed by atoms with Crippen LogP contribution in [-0.4, -0.2) is 16.8 Å². The van der Waals surface area contributed by atoms with Crippen molar-refractivity contribution >= 4 is 23.2 Å². The van der Waals surface area contributed by atoms with Gasteiger partial charge in [0.25, 0.3) is 11.8 Å². The number of hydrogen-bond acceptors (Lipinski definition) is 4. The summed E-state index contributed by atoms with van der Waals surface area (Å²) in [6.07, 6.45) is 3.24. The number of anilines is 2. The number of aryl methyl sites for hydroxylation is 1. The Morgan fingerprint density at radius 1 is 0.818 bits per heavy atom. The minimum atomic E-state index is -0.266. The Hall–Kier alpha value is -4.76. The van der Waals surface area contributed by atoms with E-state index in [1.807, 2.05) is 31.2 Å². The first-order chi connectivity index (χ1) is 16.0. The summed E-state index contributed by atoms with van der Waals surface area (Å²) in [5.74, 6) is -0.488. The Kier molecular flexibility index (Phi) is 6.24. The summed E-state index contributed by atoms with van der Waals surface area (Å²) in [6.45, 7) is 1.97. The van der Waals surface area contributed by atoms with Gasteiger partial charge in [-0.25, -0.2) is 0 Å². The van der Waals surface area contributed by atoms with Crippen LogP contribution in [0, 0.1) is 18.3 Å². The molecule has 0 spiro atoms. The lowest BCUT2D eigenvalue weighted by Crippen LogP contribution is -2.12. The minimum Gasteiger partial charge on any atom is -0.322 e. The third-order valence-corrected chi connectivity index (χ3v) is 5.13. The molecule has 160 valence electrons. The standard InChI is InChI=1S/C27H20N4O2/c1-18-7-8-22(27(33)31-24-6-3-13-29-17-24)15-25(18)20-9-11-21(12-10-20)26(32)30-23-5-2-4-19(14-23)16-28/h2-15,17H,1H3,(H,30,32)(H,31,33). The van der Waals surface area contributed by atoms with Crippen molar-refractivity contribution < 1.29 is 9.59 Å². The van der Waals surface area contributed by atoms with Crippen molar-refractivity contribution in [3.8, 4) is 17.2 Å². The molecule has 0 unspecified atom stereocenters. The van der Waals surface area contributed by atoms with Crippen molar-refractivity contribution in [2.45, 2.75) is 6.92 Å². The third kappa shape index (κ3) is 5.12. The summed E-state index contributed by atoms with van der Waals surface area (Å²) in [4.78, 5) is 29.3. The van der Waals surface area contributed by atoms with E-state index in [2.05, 4.69) is 21.7 Å². The maximum atomic E-state index is 12.7. The van der Waals surface area contributed by atoms with Crippen molar-refractivity contribution in [1.82, 2.24) is 4.98 Å². The van der Waals surface area contributed by atoms with Gasteiger partial charge in [-0.05, 0) is 78.2 Å². The summed E-state index contributed by atoms with van der Waals surface area (Å²) in [7, 11) is 0. The second kappa shape index (κ2) is 9.58. The van der Waals surface area contributed by atoms with Crippen LogP contribution in [-0.2, 0) is 0 Å². The van der Waals surface area contributed by atoms with E-state index < -0.39 is 0 Å². The van der Waals surface area contributed by atoms with Crippen molar-refractivity contribution in [2.75, 3.05) is 10.6 Å². The molecule has 4 rings (SSSR count). The van der Waals surface area contributed by atoms with Crippen LogP contribution in [0.2, 0.25) is 0 Å². The summed E-state index contributed by atoms with van der Waals surface area (Å²) in [5, 5.41) is 14.7. The molecule has 0 aliphatic carbocycles. The number of nitrogens with one attached hydrogen (secondary N) is 2. The van der Waals surface area contributed by atoms with Gasteiger partial charge in [-0.3, -0.25) is 14.6 Å². The zero-order valence-electron chi connectivity index (χ0n) is 17.9. The monoisotopic (exact) mass is 432 g/mol. The molecule has 0 aliphatic rings. The molecule has 33 heavy (non-hydrogen) atoms. The fourth-order valence-electron chi connectivity index (χ4n) is 3.39. The highest BCUT2D eigenvalue weighted by Crippen LogP contribution is 2.26. The molecule has 0 atom stereocenters. The molecule has 3 aromatic carbocycles. The van der Waals surface area contributed by atoms with E-state index in [4.69, 9.17) is 5.26 Å². The molecule has 6 nitrogen and oxygen atoms in total. The highest BCUT2D eigenvalue weighted by molar-refractivity contribution is 6.06. The SMILES string of the molecule is Cc1ccc(C(=O)Nc2cccnc2)cc1-c1ccc(C(=O)Nc2cccc(C#N)c2)cc1. The van der Waals surface area contributed by atoms with Gasteiger partial charge >= 0.3 is 0 Å². The summed E-state index contributed by atoms with van der Waals surface area (Å²) in [5.41, 5.74) is 5.49. The van der Waals surface area contributed by atoms with Crippen LogP contribution in [0.3, 0.4) is 0 Å². The zero-order valence-corrected chi connectivity index (χ0v) is 17.9. The summed E-state index contributed by atoms with van der Waals surface area (Å²) in [6, 6.07) is 25.0. The molecule has 6 heteroatoms. The number of rotatable bonds is 5. The number of benzene rings is 3. The fraction of sp³-hybridized carbons (Fsp3) is 0.0370. The highest BCUT2D eigenvalue weighted by Gasteiger charge is 2.12. The fourth-order valence-corrected chi connectivity index (χ4v) is 3.39. The summed E-state index contributed by atoms with van der Waals surface area (Å²) >= 11 is 0. The van der Waals surface area contributed by atoms with Gasteiger partial charge in [-0.2, -0.15) is 5.26 Å². The largest absolute Gasteiger partial charge is 0.322 e. The number of carbonyl (C=O) groups is 2. The molecule has 0 aliphatic heterocycles. The Labute approximate surface area is 191 Å². The number of nitriles is 1. The molecule has 0 bridgehead atoms. The molecule has 0 saturated heterocycles. The van der Waals surface area contributed by atoms with E-state index in [9.17, 15) is 9.59 Å². The zero-order chi connectivity index (χ0) is 23.2. The van der Waals surface area contributed by atoms with Crippen molar-refractivity contribution in [3.05, 3.63) is 114 Å². The number of nitrogens with zero attached hydrogens (tertiary/aromatic N) is 2. The first kappa shape index (κ1) is 21.5. The first-order valence-electron chi connectivity index (χ1n) is 10.3.